The number of fused-ring (bicyclic) bond motifs is 1. The van der Waals surface area contributed by atoms with Crippen LogP contribution < -0.4 is 10.2 Å². The minimum atomic E-state index is 0.646. The van der Waals surface area contributed by atoms with Crippen molar-refractivity contribution in [1.82, 2.24) is 0 Å². The molecular weight excluding hydrogens is 237 g/mol. The molecule has 2 aromatic carbocycles. The van der Waals surface area contributed by atoms with E-state index in [1.165, 1.54) is 11.0 Å². The summed E-state index contributed by atoms with van der Waals surface area (Å²) in [5.74, 6) is 1.58. The van der Waals surface area contributed by atoms with Crippen molar-refractivity contribution in [3.05, 3.63) is 53.1 Å². The Morgan fingerprint density at radius 3 is 2.95 bits per heavy atom. The molecule has 19 heavy (non-hydrogen) atoms. The molecule has 2 aromatic rings. The molecule has 1 heterocycles. The Morgan fingerprint density at radius 1 is 1.26 bits per heavy atom. The van der Waals surface area contributed by atoms with Crippen molar-refractivity contribution >= 4 is 12.9 Å². The van der Waals surface area contributed by atoms with Gasteiger partial charge in [0.1, 0.15) is 11.5 Å². The largest absolute Gasteiger partial charge is 0.457 e. The van der Waals surface area contributed by atoms with Crippen LogP contribution in [0.3, 0.4) is 0 Å². The summed E-state index contributed by atoms with van der Waals surface area (Å²) in [7, 11) is 0.686. The van der Waals surface area contributed by atoms with Crippen molar-refractivity contribution in [2.24, 2.45) is 0 Å². The van der Waals surface area contributed by atoms with Gasteiger partial charge in [0.15, 0.2) is 0 Å². The van der Waals surface area contributed by atoms with E-state index in [0.29, 0.717) is 19.7 Å². The molecular formula is C15H12BNO2. The molecule has 3 nitrogen and oxygen atoms in total. The first kappa shape index (κ1) is 11.8. The lowest BCUT2D eigenvalue weighted by Crippen LogP contribution is -2.10. The third kappa shape index (κ3) is 2.33. The smallest absolute Gasteiger partial charge is 0.309 e. The topological polar surface area (TPSA) is 42.2 Å². The van der Waals surface area contributed by atoms with Crippen LogP contribution in [0, 0.1) is 18.3 Å². The van der Waals surface area contributed by atoms with Gasteiger partial charge in [-0.25, -0.2) is 0 Å². The first-order valence-electron chi connectivity index (χ1n) is 6.14. The molecule has 3 rings (SSSR count). The molecule has 0 fully saturated rings. The van der Waals surface area contributed by atoms with Gasteiger partial charge in [-0.05, 0) is 53.8 Å². The van der Waals surface area contributed by atoms with E-state index in [2.05, 4.69) is 6.07 Å². The second-order valence-corrected chi connectivity index (χ2v) is 4.62. The van der Waals surface area contributed by atoms with Gasteiger partial charge in [-0.2, -0.15) is 5.26 Å². The molecule has 0 atom stereocenters. The summed E-state index contributed by atoms with van der Waals surface area (Å²) < 4.78 is 11.3. The number of benzene rings is 2. The van der Waals surface area contributed by atoms with E-state index in [-0.39, 0.29) is 0 Å². The van der Waals surface area contributed by atoms with Crippen molar-refractivity contribution in [3.63, 3.8) is 0 Å². The van der Waals surface area contributed by atoms with Crippen LogP contribution in [0.5, 0.6) is 11.5 Å². The molecule has 0 radical (unpaired) electrons. The third-order valence-electron chi connectivity index (χ3n) is 3.22. The van der Waals surface area contributed by atoms with Gasteiger partial charge in [-0.15, -0.1) is 0 Å². The Labute approximate surface area is 112 Å². The zero-order valence-electron chi connectivity index (χ0n) is 10.6. The van der Waals surface area contributed by atoms with Crippen molar-refractivity contribution in [3.8, 4) is 17.6 Å². The summed E-state index contributed by atoms with van der Waals surface area (Å²) in [6, 6.07) is 13.5. The quantitative estimate of drug-likeness (QED) is 0.766. The van der Waals surface area contributed by atoms with E-state index in [0.717, 1.165) is 17.1 Å². The fourth-order valence-corrected chi connectivity index (χ4v) is 2.17. The van der Waals surface area contributed by atoms with Crippen molar-refractivity contribution in [2.75, 3.05) is 0 Å². The number of ether oxygens (including phenoxy) is 1. The van der Waals surface area contributed by atoms with E-state index in [1.807, 2.05) is 37.3 Å². The van der Waals surface area contributed by atoms with Crippen LogP contribution in [0.15, 0.2) is 36.4 Å². The molecule has 1 aliphatic heterocycles. The number of hydrogen-bond donors (Lipinski definition) is 0. The number of rotatable bonds is 2. The first-order chi connectivity index (χ1) is 9.26. The molecule has 0 saturated heterocycles. The van der Waals surface area contributed by atoms with Crippen LogP contribution in [0.4, 0.5) is 0 Å². The lowest BCUT2D eigenvalue weighted by atomic mass is 9.87. The second-order valence-electron chi connectivity index (χ2n) is 4.62. The molecule has 0 N–H and O–H groups in total. The summed E-state index contributed by atoms with van der Waals surface area (Å²) in [5.41, 5.74) is 4.01. The number of nitriles is 1. The predicted octanol–water partition coefficient (Wildman–Crippen LogP) is 2.17. The summed E-state index contributed by atoms with van der Waals surface area (Å²) >= 11 is 0. The number of hydrogen-bond acceptors (Lipinski definition) is 3. The average Bonchev–Trinajstić information content (AvgIpc) is 2.88. The third-order valence-corrected chi connectivity index (χ3v) is 3.22. The normalized spacial score (nSPS) is 12.4. The van der Waals surface area contributed by atoms with Gasteiger partial charge >= 0.3 is 7.48 Å². The SMILES string of the molecule is Cc1cc(C#N)ccc1Oc1ccc2c(c1)COB2. The van der Waals surface area contributed by atoms with Crippen molar-refractivity contribution < 1.29 is 9.39 Å². The van der Waals surface area contributed by atoms with Gasteiger partial charge in [-0.3, -0.25) is 0 Å². The van der Waals surface area contributed by atoms with E-state index >= 15 is 0 Å². The van der Waals surface area contributed by atoms with Crippen molar-refractivity contribution in [1.29, 1.82) is 5.26 Å². The van der Waals surface area contributed by atoms with Gasteiger partial charge in [-0.1, -0.05) is 6.07 Å². The monoisotopic (exact) mass is 249 g/mol. The van der Waals surface area contributed by atoms with Gasteiger partial charge in [0.2, 0.25) is 0 Å². The zero-order chi connectivity index (χ0) is 13.2. The molecule has 0 amide bonds. The van der Waals surface area contributed by atoms with Crippen LogP contribution in [0.2, 0.25) is 0 Å². The maximum atomic E-state index is 8.84. The van der Waals surface area contributed by atoms with Crippen LogP contribution in [-0.2, 0) is 11.3 Å². The van der Waals surface area contributed by atoms with Crippen LogP contribution in [0.25, 0.3) is 0 Å². The fraction of sp³-hybridized carbons (Fsp3) is 0.133. The molecule has 0 aromatic heterocycles. The molecule has 4 heteroatoms. The summed E-state index contributed by atoms with van der Waals surface area (Å²) in [6.07, 6.45) is 0. The average molecular weight is 249 g/mol. The van der Waals surface area contributed by atoms with Gasteiger partial charge in [0, 0.05) is 0 Å². The molecule has 0 aliphatic carbocycles. The highest BCUT2D eigenvalue weighted by Gasteiger charge is 2.14. The molecule has 0 bridgehead atoms. The molecule has 1 aliphatic rings. The zero-order valence-corrected chi connectivity index (χ0v) is 10.6. The van der Waals surface area contributed by atoms with Crippen LogP contribution >= 0.6 is 0 Å². The highest BCUT2D eigenvalue weighted by atomic mass is 16.5. The highest BCUT2D eigenvalue weighted by Crippen LogP contribution is 2.26. The van der Waals surface area contributed by atoms with Crippen LogP contribution in [-0.4, -0.2) is 7.48 Å². The predicted molar refractivity (Wildman–Crippen MR) is 74.0 cm³/mol. The lowest BCUT2D eigenvalue weighted by Gasteiger charge is -2.10. The standard InChI is InChI=1S/C15H12BNO2/c1-10-6-11(8-17)2-5-15(10)19-13-3-4-14-12(7-13)9-18-16-14/h2-7,16H,9H2,1H3. The Bertz CT molecular complexity index is 676. The maximum Gasteiger partial charge on any atom is 0.309 e. The first-order valence-corrected chi connectivity index (χ1v) is 6.14. The van der Waals surface area contributed by atoms with E-state index in [1.54, 1.807) is 6.07 Å². The van der Waals surface area contributed by atoms with E-state index in [4.69, 9.17) is 14.7 Å². The van der Waals surface area contributed by atoms with Crippen molar-refractivity contribution in [2.45, 2.75) is 13.5 Å². The lowest BCUT2D eigenvalue weighted by molar-refractivity contribution is 0.344. The summed E-state index contributed by atoms with van der Waals surface area (Å²) in [5, 5.41) is 8.84. The van der Waals surface area contributed by atoms with Gasteiger partial charge in [0.25, 0.3) is 0 Å². The van der Waals surface area contributed by atoms with Crippen LogP contribution in [0.1, 0.15) is 16.7 Å². The Morgan fingerprint density at radius 2 is 2.16 bits per heavy atom. The number of nitrogens with zero attached hydrogens (tertiary/aromatic N) is 1. The molecule has 0 unspecified atom stereocenters. The van der Waals surface area contributed by atoms with Gasteiger partial charge in [0.05, 0.1) is 18.2 Å². The second kappa shape index (κ2) is 4.79. The molecule has 0 spiro atoms. The summed E-state index contributed by atoms with van der Waals surface area (Å²) in [6.45, 7) is 2.59. The molecule has 0 saturated carbocycles. The number of aryl methyl sites for hydroxylation is 1. The Balaban J connectivity index is 1.87. The summed E-state index contributed by atoms with van der Waals surface area (Å²) in [4.78, 5) is 0. The Hall–Kier alpha value is -2.25. The molecule has 92 valence electrons. The minimum absolute atomic E-state index is 0.646. The highest BCUT2D eigenvalue weighted by molar-refractivity contribution is 6.48. The van der Waals surface area contributed by atoms with E-state index < -0.39 is 0 Å². The maximum absolute atomic E-state index is 8.84. The minimum Gasteiger partial charge on any atom is -0.457 e. The Kier molecular flexibility index (Phi) is 2.98. The van der Waals surface area contributed by atoms with Gasteiger partial charge < -0.3 is 9.39 Å². The fourth-order valence-electron chi connectivity index (χ4n) is 2.17. The van der Waals surface area contributed by atoms with E-state index in [9.17, 15) is 0 Å².